The number of ether oxygens (including phenoxy) is 1. The fourth-order valence-corrected chi connectivity index (χ4v) is 3.77. The number of nitrogens with one attached hydrogen (secondary N) is 2. The van der Waals surface area contributed by atoms with Crippen molar-refractivity contribution < 1.29 is 19.0 Å². The standard InChI is InChI=1S/C24H32FN3O3/c1-18(29)27-24-5-3-2-4-20(24)16-31-17-23(30)14-26-22-10-12-28(13-11-22)15-19-6-8-21(25)9-7-19/h2-9,22-23,26,30H,10-17H2,1H3,(H,27,29). The molecule has 0 bridgehead atoms. The van der Waals surface area contributed by atoms with Crippen LogP contribution >= 0.6 is 0 Å². The lowest BCUT2D eigenvalue weighted by molar-refractivity contribution is -0.114. The second-order valence-corrected chi connectivity index (χ2v) is 8.09. The molecule has 7 heteroatoms. The third-order valence-corrected chi connectivity index (χ3v) is 5.45. The second kappa shape index (κ2) is 11.9. The van der Waals surface area contributed by atoms with Gasteiger partial charge in [-0.1, -0.05) is 30.3 Å². The average molecular weight is 430 g/mol. The number of aliphatic hydroxyl groups excluding tert-OH is 1. The highest BCUT2D eigenvalue weighted by molar-refractivity contribution is 5.89. The van der Waals surface area contributed by atoms with E-state index in [1.165, 1.54) is 19.1 Å². The first-order valence-corrected chi connectivity index (χ1v) is 10.8. The van der Waals surface area contributed by atoms with Gasteiger partial charge in [0.15, 0.2) is 0 Å². The Kier molecular flexibility index (Phi) is 8.97. The highest BCUT2D eigenvalue weighted by Gasteiger charge is 2.19. The van der Waals surface area contributed by atoms with Crippen molar-refractivity contribution in [1.82, 2.24) is 10.2 Å². The molecule has 2 aromatic rings. The number of rotatable bonds is 10. The van der Waals surface area contributed by atoms with Gasteiger partial charge < -0.3 is 20.5 Å². The van der Waals surface area contributed by atoms with Crippen LogP contribution in [0.2, 0.25) is 0 Å². The molecular weight excluding hydrogens is 397 g/mol. The Morgan fingerprint density at radius 3 is 2.61 bits per heavy atom. The predicted molar refractivity (Wildman–Crippen MR) is 119 cm³/mol. The minimum Gasteiger partial charge on any atom is -0.389 e. The van der Waals surface area contributed by atoms with E-state index in [-0.39, 0.29) is 18.3 Å². The molecule has 168 valence electrons. The summed E-state index contributed by atoms with van der Waals surface area (Å²) in [7, 11) is 0. The van der Waals surface area contributed by atoms with E-state index in [2.05, 4.69) is 15.5 Å². The Balaban J connectivity index is 1.31. The number of carbonyl (C=O) groups excluding carboxylic acids is 1. The molecule has 1 aliphatic heterocycles. The lowest BCUT2D eigenvalue weighted by atomic mass is 10.0. The Hall–Kier alpha value is -2.32. The number of aliphatic hydroxyl groups is 1. The zero-order chi connectivity index (χ0) is 22.1. The first-order valence-electron chi connectivity index (χ1n) is 10.8. The van der Waals surface area contributed by atoms with Crippen molar-refractivity contribution in [2.75, 3.05) is 31.6 Å². The molecule has 0 aromatic heterocycles. The normalized spacial score (nSPS) is 16.2. The fraction of sp³-hybridized carbons (Fsp3) is 0.458. The molecule has 1 unspecified atom stereocenters. The zero-order valence-electron chi connectivity index (χ0n) is 18.0. The van der Waals surface area contributed by atoms with Gasteiger partial charge in [-0.05, 0) is 49.7 Å². The van der Waals surface area contributed by atoms with Crippen LogP contribution in [0.4, 0.5) is 10.1 Å². The zero-order valence-corrected chi connectivity index (χ0v) is 18.0. The van der Waals surface area contributed by atoms with E-state index in [9.17, 15) is 14.3 Å². The van der Waals surface area contributed by atoms with Crippen LogP contribution < -0.4 is 10.6 Å². The Morgan fingerprint density at radius 1 is 1.19 bits per heavy atom. The van der Waals surface area contributed by atoms with E-state index in [4.69, 9.17) is 4.74 Å². The van der Waals surface area contributed by atoms with Crippen LogP contribution in [0.25, 0.3) is 0 Å². The van der Waals surface area contributed by atoms with Gasteiger partial charge in [0.25, 0.3) is 0 Å². The Morgan fingerprint density at radius 2 is 1.90 bits per heavy atom. The molecule has 0 aliphatic carbocycles. The molecule has 0 spiro atoms. The molecule has 0 saturated carbocycles. The summed E-state index contributed by atoms with van der Waals surface area (Å²) < 4.78 is 18.7. The number of benzene rings is 2. The molecule has 1 amide bonds. The molecule has 2 aromatic carbocycles. The first-order chi connectivity index (χ1) is 15.0. The quantitative estimate of drug-likeness (QED) is 0.542. The highest BCUT2D eigenvalue weighted by atomic mass is 19.1. The third-order valence-electron chi connectivity index (χ3n) is 5.45. The van der Waals surface area contributed by atoms with Crippen LogP contribution in [-0.2, 0) is 22.7 Å². The van der Waals surface area contributed by atoms with Crippen molar-refractivity contribution in [2.24, 2.45) is 0 Å². The number of hydrogen-bond donors (Lipinski definition) is 3. The Bertz CT molecular complexity index is 823. The lowest BCUT2D eigenvalue weighted by Crippen LogP contribution is -2.45. The molecule has 3 rings (SSSR count). The van der Waals surface area contributed by atoms with E-state index in [0.29, 0.717) is 19.2 Å². The number of piperidine rings is 1. The fourth-order valence-electron chi connectivity index (χ4n) is 3.77. The van der Waals surface area contributed by atoms with Gasteiger partial charge in [0, 0.05) is 37.3 Å². The van der Waals surface area contributed by atoms with Crippen molar-refractivity contribution in [3.63, 3.8) is 0 Å². The number of amides is 1. The summed E-state index contributed by atoms with van der Waals surface area (Å²) in [6, 6.07) is 14.5. The minimum absolute atomic E-state index is 0.125. The minimum atomic E-state index is -0.592. The first kappa shape index (κ1) is 23.3. The molecule has 1 saturated heterocycles. The number of carbonyl (C=O) groups is 1. The summed E-state index contributed by atoms with van der Waals surface area (Å²) in [5, 5.41) is 16.5. The number of anilines is 1. The summed E-state index contributed by atoms with van der Waals surface area (Å²) in [5.41, 5.74) is 2.74. The van der Waals surface area contributed by atoms with Crippen molar-refractivity contribution in [3.8, 4) is 0 Å². The van der Waals surface area contributed by atoms with Gasteiger partial charge in [0.1, 0.15) is 5.82 Å². The van der Waals surface area contributed by atoms with Gasteiger partial charge in [0.2, 0.25) is 5.91 Å². The maximum Gasteiger partial charge on any atom is 0.221 e. The molecule has 3 N–H and O–H groups in total. The van der Waals surface area contributed by atoms with Crippen LogP contribution in [-0.4, -0.2) is 54.3 Å². The van der Waals surface area contributed by atoms with Gasteiger partial charge >= 0.3 is 0 Å². The molecule has 1 atom stereocenters. The predicted octanol–water partition coefficient (Wildman–Crippen LogP) is 2.92. The molecule has 1 fully saturated rings. The van der Waals surface area contributed by atoms with Gasteiger partial charge in [-0.2, -0.15) is 0 Å². The summed E-state index contributed by atoms with van der Waals surface area (Å²) in [4.78, 5) is 13.7. The summed E-state index contributed by atoms with van der Waals surface area (Å²) >= 11 is 0. The van der Waals surface area contributed by atoms with Crippen LogP contribution in [0.5, 0.6) is 0 Å². The number of likely N-dealkylation sites (tertiary alicyclic amines) is 1. The van der Waals surface area contributed by atoms with Gasteiger partial charge in [-0.25, -0.2) is 4.39 Å². The van der Waals surface area contributed by atoms with Crippen molar-refractivity contribution in [1.29, 1.82) is 0 Å². The highest BCUT2D eigenvalue weighted by Crippen LogP contribution is 2.17. The van der Waals surface area contributed by atoms with E-state index in [1.807, 2.05) is 36.4 Å². The van der Waals surface area contributed by atoms with E-state index in [0.717, 1.165) is 49.3 Å². The molecule has 0 radical (unpaired) electrons. The van der Waals surface area contributed by atoms with E-state index in [1.54, 1.807) is 0 Å². The number of halogens is 1. The van der Waals surface area contributed by atoms with Crippen LogP contribution in [0.1, 0.15) is 30.9 Å². The molecule has 31 heavy (non-hydrogen) atoms. The summed E-state index contributed by atoms with van der Waals surface area (Å²) in [6.07, 6.45) is 1.43. The smallest absolute Gasteiger partial charge is 0.221 e. The molecule has 1 heterocycles. The van der Waals surface area contributed by atoms with Gasteiger partial charge in [-0.3, -0.25) is 9.69 Å². The topological polar surface area (TPSA) is 73.8 Å². The largest absolute Gasteiger partial charge is 0.389 e. The van der Waals surface area contributed by atoms with Gasteiger partial charge in [0.05, 0.1) is 19.3 Å². The van der Waals surface area contributed by atoms with Gasteiger partial charge in [-0.15, -0.1) is 0 Å². The van der Waals surface area contributed by atoms with E-state index < -0.39 is 6.10 Å². The SMILES string of the molecule is CC(=O)Nc1ccccc1COCC(O)CNC1CCN(Cc2ccc(F)cc2)CC1. The monoisotopic (exact) mass is 429 g/mol. The summed E-state index contributed by atoms with van der Waals surface area (Å²) in [5.74, 6) is -0.327. The number of para-hydroxylation sites is 1. The van der Waals surface area contributed by atoms with Crippen LogP contribution in [0.15, 0.2) is 48.5 Å². The third kappa shape index (κ3) is 8.03. The molecular formula is C24H32FN3O3. The maximum atomic E-state index is 13.0. The lowest BCUT2D eigenvalue weighted by Gasteiger charge is -2.33. The molecule has 1 aliphatic rings. The number of nitrogens with zero attached hydrogens (tertiary/aromatic N) is 1. The molecule has 6 nitrogen and oxygen atoms in total. The Labute approximate surface area is 183 Å². The number of hydrogen-bond acceptors (Lipinski definition) is 5. The van der Waals surface area contributed by atoms with Crippen LogP contribution in [0.3, 0.4) is 0 Å². The summed E-state index contributed by atoms with van der Waals surface area (Å²) in [6.45, 7) is 5.29. The second-order valence-electron chi connectivity index (χ2n) is 8.09. The van der Waals surface area contributed by atoms with Crippen molar-refractivity contribution in [3.05, 3.63) is 65.5 Å². The van der Waals surface area contributed by atoms with E-state index >= 15 is 0 Å². The van der Waals surface area contributed by atoms with Crippen molar-refractivity contribution >= 4 is 11.6 Å². The van der Waals surface area contributed by atoms with Crippen LogP contribution in [0, 0.1) is 5.82 Å². The maximum absolute atomic E-state index is 13.0. The van der Waals surface area contributed by atoms with Crippen molar-refractivity contribution in [2.45, 2.75) is 45.1 Å². The average Bonchev–Trinajstić information content (AvgIpc) is 2.76.